The third-order valence-electron chi connectivity index (χ3n) is 0. The van der Waals surface area contributed by atoms with Gasteiger partial charge in [0.1, 0.15) is 0 Å². The molecule has 0 aromatic heterocycles. The quantitative estimate of drug-likeness (QED) is 0.457. The summed E-state index contributed by atoms with van der Waals surface area (Å²) in [5, 5.41) is 6.89. The fourth-order valence-electron chi connectivity index (χ4n) is 0. The van der Waals surface area contributed by atoms with Crippen LogP contribution in [0.2, 0.25) is 0 Å². The molecule has 0 aromatic rings. The van der Waals surface area contributed by atoms with Crippen molar-refractivity contribution in [3.63, 3.8) is 0 Å². The van der Waals surface area contributed by atoms with Crippen LogP contribution in [-0.4, -0.2) is 38.9 Å². The van der Waals surface area contributed by atoms with Crippen LogP contribution in [0.1, 0.15) is 0 Å². The van der Waals surface area contributed by atoms with Gasteiger partial charge in [-0.05, 0) is 0 Å². The second kappa shape index (κ2) is 10.0. The van der Waals surface area contributed by atoms with E-state index in [4.69, 9.17) is 9.90 Å². The topological polar surface area (TPSA) is 37.3 Å². The van der Waals surface area contributed by atoms with Crippen LogP contribution >= 0.6 is 0 Å². The van der Waals surface area contributed by atoms with Gasteiger partial charge < -0.3 is 5.11 Å². The van der Waals surface area contributed by atoms with E-state index >= 15 is 0 Å². The van der Waals surface area contributed by atoms with Crippen molar-refractivity contribution in [3.05, 3.63) is 0 Å². The molecule has 0 heterocycles. The summed E-state index contributed by atoms with van der Waals surface area (Å²) >= 11 is 0. The monoisotopic (exact) mass is 251 g/mol. The molecule has 1 N–H and O–H groups in total. The minimum atomic E-state index is -0.250. The van der Waals surface area contributed by atoms with Crippen molar-refractivity contribution in [2.24, 2.45) is 0 Å². The van der Waals surface area contributed by atoms with E-state index < -0.39 is 0 Å². The van der Waals surface area contributed by atoms with Gasteiger partial charge in [0.15, 0.2) is 0 Å². The second-order valence-electron chi connectivity index (χ2n) is 0.105. The fraction of sp³-hybridized carbons (Fsp3) is 0. The standard InChI is InChI=1S/CH2O2.Tl/c2-1-3;/h1H,(H,2,3);. The van der Waals surface area contributed by atoms with Gasteiger partial charge in [-0.25, -0.2) is 0 Å². The van der Waals surface area contributed by atoms with Crippen molar-refractivity contribution in [1.82, 2.24) is 0 Å². The van der Waals surface area contributed by atoms with Crippen molar-refractivity contribution in [2.45, 2.75) is 0 Å². The second-order valence-corrected chi connectivity index (χ2v) is 0.105. The summed E-state index contributed by atoms with van der Waals surface area (Å²) in [6.45, 7) is -0.250. The van der Waals surface area contributed by atoms with Gasteiger partial charge in [0, 0.05) is 27.3 Å². The Morgan fingerprint density at radius 1 is 1.75 bits per heavy atom. The Morgan fingerprint density at radius 3 is 1.75 bits per heavy atom. The normalized spacial score (nSPS) is 3.00. The smallest absolute Gasteiger partial charge is 0.290 e. The summed E-state index contributed by atoms with van der Waals surface area (Å²) in [7, 11) is 0. The third-order valence-corrected chi connectivity index (χ3v) is 0. The Hall–Kier alpha value is 0.392. The molecule has 1 radical (unpaired) electrons. The first-order valence-electron chi connectivity index (χ1n) is 0.494. The van der Waals surface area contributed by atoms with Gasteiger partial charge >= 0.3 is 0 Å². The van der Waals surface area contributed by atoms with Gasteiger partial charge in [0.2, 0.25) is 0 Å². The summed E-state index contributed by atoms with van der Waals surface area (Å²) in [6.07, 6.45) is 0. The van der Waals surface area contributed by atoms with E-state index in [-0.39, 0.29) is 33.8 Å². The largest absolute Gasteiger partial charge is 0.483 e. The van der Waals surface area contributed by atoms with Crippen LogP contribution in [0.3, 0.4) is 0 Å². The van der Waals surface area contributed by atoms with Gasteiger partial charge in [-0.15, -0.1) is 0 Å². The molecule has 0 aromatic carbocycles. The van der Waals surface area contributed by atoms with Crippen LogP contribution in [0.4, 0.5) is 0 Å². The first-order chi connectivity index (χ1) is 1.41. The van der Waals surface area contributed by atoms with Crippen LogP contribution < -0.4 is 0 Å². The molecule has 2 nitrogen and oxygen atoms in total. The van der Waals surface area contributed by atoms with Crippen LogP contribution in [0.15, 0.2) is 0 Å². The molecule has 0 spiro atoms. The number of rotatable bonds is 0. The van der Waals surface area contributed by atoms with E-state index in [1.807, 2.05) is 0 Å². The molecule has 4 heavy (non-hydrogen) atoms. The van der Waals surface area contributed by atoms with E-state index in [0.717, 1.165) is 0 Å². The molecular formula is CH2O2Tl. The van der Waals surface area contributed by atoms with Gasteiger partial charge in [-0.2, -0.15) is 0 Å². The molecule has 21 valence electrons. The third kappa shape index (κ3) is 30.2. The summed E-state index contributed by atoms with van der Waals surface area (Å²) in [5.41, 5.74) is 0. The zero-order valence-corrected chi connectivity index (χ0v) is 6.50. The molecule has 0 saturated heterocycles. The molecule has 0 aliphatic carbocycles. The predicted molar refractivity (Wildman–Crippen MR) is 14.4 cm³/mol. The van der Waals surface area contributed by atoms with E-state index in [1.54, 1.807) is 0 Å². The maximum Gasteiger partial charge on any atom is 0.290 e. The maximum atomic E-state index is 8.36. The minimum Gasteiger partial charge on any atom is -0.483 e. The maximum absolute atomic E-state index is 8.36. The number of hydrogen-bond donors (Lipinski definition) is 1. The van der Waals surface area contributed by atoms with Crippen LogP contribution in [-0.2, 0) is 4.79 Å². The molecule has 0 aliphatic rings. The summed E-state index contributed by atoms with van der Waals surface area (Å²) in [4.78, 5) is 8.36. The molecule has 3 heteroatoms. The first kappa shape index (κ1) is 8.83. The van der Waals surface area contributed by atoms with Gasteiger partial charge in [0.05, 0.1) is 0 Å². The van der Waals surface area contributed by atoms with Crippen molar-refractivity contribution < 1.29 is 9.90 Å². The minimum absolute atomic E-state index is 0. The Labute approximate surface area is 44.0 Å². The molecule has 0 aliphatic heterocycles. The summed E-state index contributed by atoms with van der Waals surface area (Å²) in [5.74, 6) is 0. The molecule has 0 unspecified atom stereocenters. The van der Waals surface area contributed by atoms with Gasteiger partial charge in [0.25, 0.3) is 6.47 Å². The average molecular weight is 250 g/mol. The van der Waals surface area contributed by atoms with E-state index in [0.29, 0.717) is 0 Å². The Kier molecular flexibility index (Phi) is 22.1. The van der Waals surface area contributed by atoms with Crippen molar-refractivity contribution in [3.8, 4) is 0 Å². The van der Waals surface area contributed by atoms with Gasteiger partial charge in [-0.1, -0.05) is 0 Å². The number of carboxylic acid groups (broad SMARTS) is 1. The zero-order chi connectivity index (χ0) is 2.71. The Morgan fingerprint density at radius 2 is 1.75 bits per heavy atom. The molecular weight excluding hydrogens is 248 g/mol. The van der Waals surface area contributed by atoms with E-state index in [2.05, 4.69) is 0 Å². The summed E-state index contributed by atoms with van der Waals surface area (Å²) in [6, 6.07) is 0. The number of hydrogen-bond acceptors (Lipinski definition) is 1. The Bertz CT molecular complexity index is 13.5. The SMILES string of the molecule is O=CO.[Tl]. The number of carbonyl (C=O) groups is 1. The Balaban J connectivity index is 0. The van der Waals surface area contributed by atoms with E-state index in [9.17, 15) is 0 Å². The van der Waals surface area contributed by atoms with Crippen molar-refractivity contribution in [2.75, 3.05) is 0 Å². The van der Waals surface area contributed by atoms with E-state index in [1.165, 1.54) is 0 Å². The molecule has 0 amide bonds. The predicted octanol–water partition coefficient (Wildman–Crippen LogP) is -0.680. The van der Waals surface area contributed by atoms with Crippen LogP contribution in [0.25, 0.3) is 0 Å². The van der Waals surface area contributed by atoms with Gasteiger partial charge in [-0.3, -0.25) is 4.79 Å². The fourth-order valence-corrected chi connectivity index (χ4v) is 0. The van der Waals surface area contributed by atoms with Crippen LogP contribution in [0, 0.1) is 0 Å². The summed E-state index contributed by atoms with van der Waals surface area (Å²) < 4.78 is 0. The van der Waals surface area contributed by atoms with Crippen molar-refractivity contribution in [1.29, 1.82) is 0 Å². The molecule has 0 bridgehead atoms. The first-order valence-corrected chi connectivity index (χ1v) is 0.494. The zero-order valence-electron chi connectivity index (χ0n) is 2.01. The molecule has 0 atom stereocenters. The molecule has 0 saturated carbocycles. The average Bonchev–Trinajstić information content (AvgIpc) is 0.918. The van der Waals surface area contributed by atoms with Crippen molar-refractivity contribution >= 4 is 33.8 Å². The molecule has 0 fully saturated rings. The molecule has 0 rings (SSSR count). The van der Waals surface area contributed by atoms with Crippen LogP contribution in [0.5, 0.6) is 0 Å².